The minimum Gasteiger partial charge on any atom is -0.357 e. The summed E-state index contributed by atoms with van der Waals surface area (Å²) in [5.74, 6) is 1.03. The van der Waals surface area contributed by atoms with Crippen LogP contribution in [-0.2, 0) is 0 Å². The Hall–Kier alpha value is -1.07. The van der Waals surface area contributed by atoms with Gasteiger partial charge in [-0.2, -0.15) is 0 Å². The van der Waals surface area contributed by atoms with Gasteiger partial charge in [-0.15, -0.1) is 6.58 Å². The fraction of sp³-hybridized carbons (Fsp3) is 0.833. The molecule has 1 saturated heterocycles. The van der Waals surface area contributed by atoms with Crippen LogP contribution in [0.2, 0.25) is 0 Å². The number of hydrogen-bond donors (Lipinski definition) is 1. The van der Waals surface area contributed by atoms with Gasteiger partial charge in [0.1, 0.15) is 0 Å². The highest BCUT2D eigenvalue weighted by Crippen LogP contribution is 2.02. The zero-order chi connectivity index (χ0) is 16.9. The van der Waals surface area contributed by atoms with Crippen molar-refractivity contribution in [2.45, 2.75) is 32.6 Å². The topological polar surface area (TPSA) is 34.1 Å². The zero-order valence-corrected chi connectivity index (χ0v) is 15.6. The third-order valence-electron chi connectivity index (χ3n) is 4.30. The summed E-state index contributed by atoms with van der Waals surface area (Å²) in [5, 5.41) is 3.39. The van der Waals surface area contributed by atoms with Crippen molar-refractivity contribution in [3.63, 3.8) is 0 Å². The van der Waals surface area contributed by atoms with Crippen molar-refractivity contribution in [2.75, 3.05) is 66.5 Å². The summed E-state index contributed by atoms with van der Waals surface area (Å²) in [4.78, 5) is 12.0. The monoisotopic (exact) mass is 323 g/mol. The van der Waals surface area contributed by atoms with E-state index in [9.17, 15) is 0 Å². The normalized spacial score (nSPS) is 17.8. The molecular formula is C18H37N5. The Kier molecular flexibility index (Phi) is 10.7. The Morgan fingerprint density at radius 2 is 2.09 bits per heavy atom. The van der Waals surface area contributed by atoms with Crippen molar-refractivity contribution in [1.82, 2.24) is 20.0 Å². The SMILES string of the molecule is C=CCCCN(C)C(=NCCCN1CCCN(C)CC1)NCC. The van der Waals surface area contributed by atoms with Gasteiger partial charge in [-0.3, -0.25) is 4.99 Å². The van der Waals surface area contributed by atoms with E-state index in [1.807, 2.05) is 6.08 Å². The minimum atomic E-state index is 0.903. The smallest absolute Gasteiger partial charge is 0.193 e. The van der Waals surface area contributed by atoms with Gasteiger partial charge in [0.15, 0.2) is 5.96 Å². The predicted molar refractivity (Wildman–Crippen MR) is 101 cm³/mol. The molecule has 0 unspecified atom stereocenters. The number of allylic oxidation sites excluding steroid dienone is 1. The van der Waals surface area contributed by atoms with Crippen molar-refractivity contribution in [3.05, 3.63) is 12.7 Å². The third-order valence-corrected chi connectivity index (χ3v) is 4.30. The molecule has 1 heterocycles. The number of aliphatic imine (C=N–C) groups is 1. The van der Waals surface area contributed by atoms with Crippen molar-refractivity contribution in [1.29, 1.82) is 0 Å². The summed E-state index contributed by atoms with van der Waals surface area (Å²) < 4.78 is 0. The lowest BCUT2D eigenvalue weighted by Gasteiger charge is -2.22. The number of hydrogen-bond acceptors (Lipinski definition) is 3. The van der Waals surface area contributed by atoms with E-state index in [0.717, 1.165) is 51.4 Å². The van der Waals surface area contributed by atoms with Crippen molar-refractivity contribution >= 4 is 5.96 Å². The fourth-order valence-electron chi connectivity index (χ4n) is 2.85. The fourth-order valence-corrected chi connectivity index (χ4v) is 2.85. The van der Waals surface area contributed by atoms with Gasteiger partial charge in [0.05, 0.1) is 0 Å². The van der Waals surface area contributed by atoms with Crippen LogP contribution in [0.1, 0.15) is 32.6 Å². The number of guanidine groups is 1. The molecule has 23 heavy (non-hydrogen) atoms. The molecule has 0 bridgehead atoms. The average molecular weight is 324 g/mol. The average Bonchev–Trinajstić information content (AvgIpc) is 2.75. The lowest BCUT2D eigenvalue weighted by molar-refractivity contribution is 0.275. The summed E-state index contributed by atoms with van der Waals surface area (Å²) in [6, 6.07) is 0. The van der Waals surface area contributed by atoms with Crippen LogP contribution in [0.25, 0.3) is 0 Å². The Morgan fingerprint density at radius 1 is 1.26 bits per heavy atom. The van der Waals surface area contributed by atoms with E-state index < -0.39 is 0 Å². The molecule has 0 saturated carbocycles. The van der Waals surface area contributed by atoms with Crippen LogP contribution in [0.3, 0.4) is 0 Å². The zero-order valence-electron chi connectivity index (χ0n) is 15.6. The summed E-state index contributed by atoms with van der Waals surface area (Å²) >= 11 is 0. The van der Waals surface area contributed by atoms with Gasteiger partial charge in [0.2, 0.25) is 0 Å². The molecule has 134 valence electrons. The number of nitrogens with zero attached hydrogens (tertiary/aromatic N) is 4. The molecule has 0 radical (unpaired) electrons. The van der Waals surface area contributed by atoms with Crippen molar-refractivity contribution < 1.29 is 0 Å². The molecule has 5 nitrogen and oxygen atoms in total. The molecule has 1 N–H and O–H groups in total. The molecule has 0 aromatic heterocycles. The number of likely N-dealkylation sites (N-methyl/N-ethyl adjacent to an activating group) is 1. The maximum absolute atomic E-state index is 4.78. The molecule has 1 rings (SSSR count). The van der Waals surface area contributed by atoms with E-state index in [1.54, 1.807) is 0 Å². The third kappa shape index (κ3) is 8.96. The van der Waals surface area contributed by atoms with Crippen LogP contribution < -0.4 is 5.32 Å². The van der Waals surface area contributed by atoms with Gasteiger partial charge in [-0.1, -0.05) is 6.08 Å². The second kappa shape index (κ2) is 12.4. The molecule has 0 atom stereocenters. The predicted octanol–water partition coefficient (Wildman–Crippen LogP) is 1.88. The molecule has 1 aliphatic heterocycles. The Bertz CT molecular complexity index is 342. The summed E-state index contributed by atoms with van der Waals surface area (Å²) in [5.41, 5.74) is 0. The van der Waals surface area contributed by atoms with Gasteiger partial charge in [0, 0.05) is 39.8 Å². The van der Waals surface area contributed by atoms with Crippen LogP contribution >= 0.6 is 0 Å². The number of nitrogens with one attached hydrogen (secondary N) is 1. The van der Waals surface area contributed by atoms with Gasteiger partial charge < -0.3 is 20.0 Å². The highest BCUT2D eigenvalue weighted by Gasteiger charge is 2.11. The molecule has 0 aliphatic carbocycles. The molecule has 5 heteroatoms. The first-order chi connectivity index (χ1) is 11.2. The van der Waals surface area contributed by atoms with Crippen LogP contribution in [0.5, 0.6) is 0 Å². The summed E-state index contributed by atoms with van der Waals surface area (Å²) in [7, 11) is 4.34. The van der Waals surface area contributed by atoms with Crippen LogP contribution in [-0.4, -0.2) is 87.1 Å². The lowest BCUT2D eigenvalue weighted by atomic mass is 10.3. The first-order valence-electron chi connectivity index (χ1n) is 9.18. The molecule has 0 aromatic carbocycles. The summed E-state index contributed by atoms with van der Waals surface area (Å²) in [6.07, 6.45) is 6.60. The molecule has 0 amide bonds. The Labute approximate surface area is 143 Å². The van der Waals surface area contributed by atoms with Crippen molar-refractivity contribution in [2.24, 2.45) is 4.99 Å². The molecule has 1 fully saturated rings. The second-order valence-electron chi connectivity index (χ2n) is 6.44. The van der Waals surface area contributed by atoms with Gasteiger partial charge in [-0.25, -0.2) is 0 Å². The largest absolute Gasteiger partial charge is 0.357 e. The standard InChI is InChI=1S/C18H37N5/c1-5-7-8-13-22(4)18(19-6-2)20-11-9-14-23-15-10-12-21(3)16-17-23/h5H,1,6-17H2,2-4H3,(H,19,20). The lowest BCUT2D eigenvalue weighted by Crippen LogP contribution is -2.39. The Balaban J connectivity index is 2.31. The number of unbranched alkanes of at least 4 members (excludes halogenated alkanes) is 1. The van der Waals surface area contributed by atoms with E-state index in [4.69, 9.17) is 4.99 Å². The first kappa shape index (κ1) is 20.0. The molecular weight excluding hydrogens is 286 g/mol. The highest BCUT2D eigenvalue weighted by atomic mass is 15.3. The molecule has 0 aromatic rings. The molecule has 1 aliphatic rings. The maximum atomic E-state index is 4.78. The van der Waals surface area contributed by atoms with E-state index in [1.165, 1.54) is 32.6 Å². The van der Waals surface area contributed by atoms with Gasteiger partial charge >= 0.3 is 0 Å². The maximum Gasteiger partial charge on any atom is 0.193 e. The van der Waals surface area contributed by atoms with Crippen LogP contribution in [0, 0.1) is 0 Å². The second-order valence-corrected chi connectivity index (χ2v) is 6.44. The summed E-state index contributed by atoms with van der Waals surface area (Å²) in [6.45, 7) is 14.8. The number of rotatable bonds is 9. The van der Waals surface area contributed by atoms with E-state index in [2.05, 4.69) is 47.6 Å². The first-order valence-corrected chi connectivity index (χ1v) is 9.18. The van der Waals surface area contributed by atoms with Crippen LogP contribution in [0.15, 0.2) is 17.6 Å². The van der Waals surface area contributed by atoms with E-state index >= 15 is 0 Å². The van der Waals surface area contributed by atoms with Gasteiger partial charge in [0.25, 0.3) is 0 Å². The quantitative estimate of drug-likeness (QED) is 0.304. The van der Waals surface area contributed by atoms with E-state index in [-0.39, 0.29) is 0 Å². The Morgan fingerprint density at radius 3 is 2.83 bits per heavy atom. The highest BCUT2D eigenvalue weighted by molar-refractivity contribution is 5.79. The van der Waals surface area contributed by atoms with Gasteiger partial charge in [-0.05, 0) is 59.3 Å². The van der Waals surface area contributed by atoms with Crippen molar-refractivity contribution in [3.8, 4) is 0 Å². The van der Waals surface area contributed by atoms with Crippen LogP contribution in [0.4, 0.5) is 0 Å². The minimum absolute atomic E-state index is 0.903. The van der Waals surface area contributed by atoms with E-state index in [0.29, 0.717) is 0 Å². The molecule has 0 spiro atoms.